The van der Waals surface area contributed by atoms with Crippen molar-refractivity contribution in [3.63, 3.8) is 0 Å². The third-order valence-electron chi connectivity index (χ3n) is 2.11. The highest BCUT2D eigenvalue weighted by atomic mass is 31.2. The molecular weight excluding hydrogens is 238 g/mol. The average molecular weight is 258 g/mol. The molecule has 4 unspecified atom stereocenters. The second-order valence-corrected chi connectivity index (χ2v) is 7.41. The first-order valence-corrected chi connectivity index (χ1v) is 7.57. The topological polar surface area (TPSA) is 72.8 Å². The Kier molecular flexibility index (Phi) is 6.31. The Labute approximate surface area is 91.9 Å². The molecular formula is C8H20O5P2. The van der Waals surface area contributed by atoms with Gasteiger partial charge in [0.2, 0.25) is 5.08 Å². The normalized spacial score (nSPS) is 22.5. The highest BCUT2D eigenvalue weighted by Gasteiger charge is 2.46. The summed E-state index contributed by atoms with van der Waals surface area (Å²) < 4.78 is 32.9. The van der Waals surface area contributed by atoms with E-state index in [4.69, 9.17) is 9.26 Å². The Hall–Kier alpha value is 0.340. The second kappa shape index (κ2) is 6.17. The molecule has 0 saturated heterocycles. The molecule has 15 heavy (non-hydrogen) atoms. The summed E-state index contributed by atoms with van der Waals surface area (Å²) in [5, 5.41) is -1.56. The van der Waals surface area contributed by atoms with Crippen LogP contribution in [0.3, 0.4) is 0 Å². The molecule has 0 rings (SSSR count). The van der Waals surface area contributed by atoms with Gasteiger partial charge in [-0.25, -0.2) is 0 Å². The highest BCUT2D eigenvalue weighted by molar-refractivity contribution is 7.63. The smallest absolute Gasteiger partial charge is 0.356 e. The molecule has 0 bridgehead atoms. The lowest BCUT2D eigenvalue weighted by molar-refractivity contribution is 0.0617. The van der Waals surface area contributed by atoms with Gasteiger partial charge in [-0.15, -0.1) is 0 Å². The molecule has 4 atom stereocenters. The molecule has 5 nitrogen and oxygen atoms in total. The van der Waals surface area contributed by atoms with Crippen LogP contribution >= 0.6 is 16.1 Å². The zero-order chi connectivity index (χ0) is 12.1. The van der Waals surface area contributed by atoms with Gasteiger partial charge in [0.15, 0.2) is 0 Å². The minimum absolute atomic E-state index is 0.222. The van der Waals surface area contributed by atoms with Crippen molar-refractivity contribution in [1.82, 2.24) is 0 Å². The van der Waals surface area contributed by atoms with E-state index in [1.807, 2.05) is 6.92 Å². The molecule has 0 aliphatic rings. The van der Waals surface area contributed by atoms with E-state index in [2.05, 4.69) is 0 Å². The lowest BCUT2D eigenvalue weighted by Gasteiger charge is -2.29. The van der Waals surface area contributed by atoms with Gasteiger partial charge in [0.1, 0.15) is 8.46 Å². The first kappa shape index (κ1) is 15.3. The monoisotopic (exact) mass is 258 g/mol. The second-order valence-electron chi connectivity index (χ2n) is 3.45. The van der Waals surface area contributed by atoms with Crippen molar-refractivity contribution in [2.75, 3.05) is 6.61 Å². The van der Waals surface area contributed by atoms with E-state index in [0.717, 1.165) is 0 Å². The van der Waals surface area contributed by atoms with Crippen molar-refractivity contribution in [3.8, 4) is 0 Å². The SMILES string of the molecule is CCOC(C)([PH2]=O)P(=O)(O)OC(C)CC. The molecule has 0 aromatic carbocycles. The van der Waals surface area contributed by atoms with Gasteiger partial charge in [0, 0.05) is 6.61 Å². The first-order valence-electron chi connectivity index (χ1n) is 4.94. The van der Waals surface area contributed by atoms with Crippen LogP contribution in [-0.4, -0.2) is 22.7 Å². The Morgan fingerprint density at radius 2 is 2.07 bits per heavy atom. The third-order valence-corrected chi connectivity index (χ3v) is 5.91. The molecule has 0 radical (unpaired) electrons. The molecule has 0 saturated carbocycles. The lowest BCUT2D eigenvalue weighted by atomic mass is 10.3. The molecule has 0 aliphatic carbocycles. The summed E-state index contributed by atoms with van der Waals surface area (Å²) in [4.78, 5) is 9.70. The summed E-state index contributed by atoms with van der Waals surface area (Å²) in [5.74, 6) is 0. The average Bonchev–Trinajstić information content (AvgIpc) is 2.17. The zero-order valence-corrected chi connectivity index (χ0v) is 11.6. The van der Waals surface area contributed by atoms with Gasteiger partial charge in [-0.05, 0) is 27.2 Å². The van der Waals surface area contributed by atoms with E-state index in [1.54, 1.807) is 13.8 Å². The van der Waals surface area contributed by atoms with Crippen LogP contribution in [0, 0.1) is 0 Å². The Balaban J connectivity index is 4.80. The Bertz CT molecular complexity index is 257. The fraction of sp³-hybridized carbons (Fsp3) is 1.00. The fourth-order valence-corrected chi connectivity index (χ4v) is 2.99. The Morgan fingerprint density at radius 1 is 1.53 bits per heavy atom. The largest absolute Gasteiger partial charge is 0.366 e. The van der Waals surface area contributed by atoms with E-state index in [9.17, 15) is 14.0 Å². The summed E-state index contributed by atoms with van der Waals surface area (Å²) in [6.45, 7) is 6.78. The van der Waals surface area contributed by atoms with Crippen LogP contribution in [0.1, 0.15) is 34.1 Å². The van der Waals surface area contributed by atoms with Gasteiger partial charge in [-0.2, -0.15) is 0 Å². The van der Waals surface area contributed by atoms with Crippen molar-refractivity contribution in [1.29, 1.82) is 0 Å². The van der Waals surface area contributed by atoms with Crippen LogP contribution in [0.5, 0.6) is 0 Å². The number of hydrogen-bond acceptors (Lipinski definition) is 4. The van der Waals surface area contributed by atoms with Crippen LogP contribution in [0.2, 0.25) is 0 Å². The van der Waals surface area contributed by atoms with Crippen LogP contribution in [0.25, 0.3) is 0 Å². The van der Waals surface area contributed by atoms with Gasteiger partial charge in [0.05, 0.1) is 6.10 Å². The molecule has 92 valence electrons. The van der Waals surface area contributed by atoms with E-state index in [0.29, 0.717) is 6.42 Å². The molecule has 0 heterocycles. The van der Waals surface area contributed by atoms with Gasteiger partial charge in [-0.3, -0.25) is 4.57 Å². The number of hydrogen-bond donors (Lipinski definition) is 1. The maximum Gasteiger partial charge on any atom is 0.366 e. The summed E-state index contributed by atoms with van der Waals surface area (Å²) in [5.41, 5.74) is 0. The maximum absolute atomic E-state index is 11.9. The molecule has 0 aliphatic heterocycles. The van der Waals surface area contributed by atoms with Crippen molar-refractivity contribution >= 4 is 16.1 Å². The fourth-order valence-electron chi connectivity index (χ4n) is 0.898. The van der Waals surface area contributed by atoms with E-state index in [-0.39, 0.29) is 12.7 Å². The minimum Gasteiger partial charge on any atom is -0.356 e. The molecule has 7 heteroatoms. The summed E-state index contributed by atoms with van der Waals surface area (Å²) in [7, 11) is -5.55. The predicted molar refractivity (Wildman–Crippen MR) is 61.1 cm³/mol. The lowest BCUT2D eigenvalue weighted by Crippen LogP contribution is -2.24. The quantitative estimate of drug-likeness (QED) is 0.710. The zero-order valence-electron chi connectivity index (χ0n) is 9.60. The first-order chi connectivity index (χ1) is 6.83. The third kappa shape index (κ3) is 4.01. The van der Waals surface area contributed by atoms with Crippen molar-refractivity contribution in [2.24, 2.45) is 0 Å². The summed E-state index contributed by atoms with van der Waals surface area (Å²) in [6, 6.07) is 0. The molecule has 0 amide bonds. The maximum atomic E-state index is 11.9. The molecule has 1 N–H and O–H groups in total. The summed E-state index contributed by atoms with van der Waals surface area (Å²) >= 11 is 0. The molecule has 0 spiro atoms. The number of rotatable bonds is 7. The van der Waals surface area contributed by atoms with Crippen molar-refractivity contribution < 1.29 is 23.3 Å². The predicted octanol–water partition coefficient (Wildman–Crippen LogP) is 2.45. The molecule has 0 aromatic heterocycles. The summed E-state index contributed by atoms with van der Waals surface area (Å²) in [6.07, 6.45) is 0.257. The van der Waals surface area contributed by atoms with Crippen LogP contribution < -0.4 is 0 Å². The van der Waals surface area contributed by atoms with E-state index >= 15 is 0 Å². The van der Waals surface area contributed by atoms with Crippen molar-refractivity contribution in [2.45, 2.75) is 45.3 Å². The van der Waals surface area contributed by atoms with Gasteiger partial charge >= 0.3 is 7.60 Å². The molecule has 0 aromatic rings. The van der Waals surface area contributed by atoms with E-state index in [1.165, 1.54) is 6.92 Å². The van der Waals surface area contributed by atoms with Crippen molar-refractivity contribution in [3.05, 3.63) is 0 Å². The standard InChI is InChI=1S/C8H20O5P2/c1-5-7(3)13-15(10,11)8(4,14-9)12-6-2/h7H,5-6,14H2,1-4H3,(H,10,11). The number of ether oxygens (including phenoxy) is 1. The highest BCUT2D eigenvalue weighted by Crippen LogP contribution is 2.61. The van der Waals surface area contributed by atoms with Crippen LogP contribution in [0.15, 0.2) is 0 Å². The van der Waals surface area contributed by atoms with Gasteiger partial charge < -0.3 is 18.7 Å². The van der Waals surface area contributed by atoms with E-state index < -0.39 is 21.1 Å². The van der Waals surface area contributed by atoms with Crippen LogP contribution in [-0.2, 0) is 18.4 Å². The van der Waals surface area contributed by atoms with Gasteiger partial charge in [0.25, 0.3) is 0 Å². The Morgan fingerprint density at radius 3 is 2.40 bits per heavy atom. The van der Waals surface area contributed by atoms with Gasteiger partial charge in [-0.1, -0.05) is 6.92 Å². The van der Waals surface area contributed by atoms with Crippen LogP contribution in [0.4, 0.5) is 0 Å². The minimum atomic E-state index is -4.00. The molecule has 0 fully saturated rings.